The van der Waals surface area contributed by atoms with Crippen molar-refractivity contribution in [3.63, 3.8) is 0 Å². The summed E-state index contributed by atoms with van der Waals surface area (Å²) in [5.74, 6) is 0. The van der Waals surface area contributed by atoms with Crippen LogP contribution in [0.5, 0.6) is 0 Å². The van der Waals surface area contributed by atoms with Crippen LogP contribution >= 0.6 is 0 Å². The number of rotatable bonds is 3. The molecule has 1 N–H and O–H groups in total. The van der Waals surface area contributed by atoms with Gasteiger partial charge in [-0.3, -0.25) is 0 Å². The second-order valence-electron chi connectivity index (χ2n) is 4.83. The van der Waals surface area contributed by atoms with Crippen LogP contribution in [0.2, 0.25) is 0 Å². The molecule has 1 rings (SSSR count). The van der Waals surface area contributed by atoms with E-state index < -0.39 is 0 Å². The lowest BCUT2D eigenvalue weighted by Crippen LogP contribution is -2.35. The highest BCUT2D eigenvalue weighted by atomic mass is 16.6. The van der Waals surface area contributed by atoms with Crippen molar-refractivity contribution in [1.29, 1.82) is 0 Å². The highest BCUT2D eigenvalue weighted by Gasteiger charge is 2.29. The average Bonchev–Trinajstić information content (AvgIpc) is 2.49. The average molecular weight is 199 g/mol. The van der Waals surface area contributed by atoms with Crippen molar-refractivity contribution in [2.24, 2.45) is 5.41 Å². The van der Waals surface area contributed by atoms with Gasteiger partial charge < -0.3 is 10.1 Å². The molecule has 0 bridgehead atoms. The third-order valence-corrected chi connectivity index (χ3v) is 2.81. The topological polar surface area (TPSA) is 38.3 Å². The van der Waals surface area contributed by atoms with Gasteiger partial charge in [0.2, 0.25) is 0 Å². The van der Waals surface area contributed by atoms with Crippen molar-refractivity contribution < 1.29 is 9.53 Å². The number of amides is 1. The Morgan fingerprint density at radius 3 is 2.50 bits per heavy atom. The van der Waals surface area contributed by atoms with Crippen molar-refractivity contribution >= 4 is 6.09 Å². The second-order valence-corrected chi connectivity index (χ2v) is 4.83. The van der Waals surface area contributed by atoms with E-state index in [1.165, 1.54) is 25.7 Å². The van der Waals surface area contributed by atoms with Gasteiger partial charge in [0.15, 0.2) is 0 Å². The molecule has 3 heteroatoms. The molecule has 1 aliphatic carbocycles. The molecule has 0 atom stereocenters. The highest BCUT2D eigenvalue weighted by Crippen LogP contribution is 2.36. The Bertz CT molecular complexity index is 195. The van der Waals surface area contributed by atoms with E-state index in [0.717, 1.165) is 6.54 Å². The van der Waals surface area contributed by atoms with E-state index in [-0.39, 0.29) is 12.2 Å². The molecule has 0 aromatic carbocycles. The predicted octanol–water partition coefficient (Wildman–Crippen LogP) is 2.70. The third-order valence-electron chi connectivity index (χ3n) is 2.81. The summed E-state index contributed by atoms with van der Waals surface area (Å²) < 4.78 is 5.00. The summed E-state index contributed by atoms with van der Waals surface area (Å²) in [6.45, 7) is 6.70. The van der Waals surface area contributed by atoms with Gasteiger partial charge >= 0.3 is 6.09 Å². The van der Waals surface area contributed by atoms with E-state index in [1.54, 1.807) is 0 Å². The smallest absolute Gasteiger partial charge is 0.407 e. The maximum absolute atomic E-state index is 11.2. The van der Waals surface area contributed by atoms with E-state index >= 15 is 0 Å². The van der Waals surface area contributed by atoms with Crippen molar-refractivity contribution in [3.05, 3.63) is 0 Å². The Labute approximate surface area is 86.2 Å². The number of hydrogen-bond donors (Lipinski definition) is 1. The quantitative estimate of drug-likeness (QED) is 0.759. The van der Waals surface area contributed by atoms with Crippen LogP contribution in [0.1, 0.15) is 46.5 Å². The molecule has 1 fully saturated rings. The van der Waals surface area contributed by atoms with Crippen LogP contribution < -0.4 is 5.32 Å². The monoisotopic (exact) mass is 199 g/mol. The number of alkyl carbamates (subject to hydrolysis) is 1. The van der Waals surface area contributed by atoms with E-state index in [2.05, 4.69) is 12.2 Å². The van der Waals surface area contributed by atoms with Gasteiger partial charge in [0.25, 0.3) is 0 Å². The molecule has 0 unspecified atom stereocenters. The lowest BCUT2D eigenvalue weighted by atomic mass is 9.89. The van der Waals surface area contributed by atoms with E-state index in [0.29, 0.717) is 5.41 Å². The van der Waals surface area contributed by atoms with E-state index in [9.17, 15) is 4.79 Å². The molecule has 0 heterocycles. The Morgan fingerprint density at radius 2 is 2.00 bits per heavy atom. The Balaban J connectivity index is 2.22. The molecule has 0 radical (unpaired) electrons. The first-order chi connectivity index (χ1) is 6.52. The molecule has 1 amide bonds. The van der Waals surface area contributed by atoms with Crippen molar-refractivity contribution in [1.82, 2.24) is 5.32 Å². The predicted molar refractivity (Wildman–Crippen MR) is 56.2 cm³/mol. The summed E-state index contributed by atoms with van der Waals surface area (Å²) in [4.78, 5) is 11.2. The minimum absolute atomic E-state index is 0.0358. The molecule has 1 aliphatic rings. The minimum atomic E-state index is -0.284. The number of hydrogen-bond acceptors (Lipinski definition) is 2. The van der Waals surface area contributed by atoms with Gasteiger partial charge in [0, 0.05) is 6.54 Å². The maximum atomic E-state index is 11.2. The standard InChI is InChI=1S/C11H21NO2/c1-9(2)14-10(13)12-8-11(3)6-4-5-7-11/h9H,4-8H2,1-3H3,(H,12,13). The van der Waals surface area contributed by atoms with Crippen LogP contribution in [-0.4, -0.2) is 18.7 Å². The van der Waals surface area contributed by atoms with Crippen LogP contribution in [0.15, 0.2) is 0 Å². The van der Waals surface area contributed by atoms with Crippen LogP contribution in [0, 0.1) is 5.41 Å². The zero-order valence-electron chi connectivity index (χ0n) is 9.43. The fraction of sp³-hybridized carbons (Fsp3) is 0.909. The molecule has 1 saturated carbocycles. The van der Waals surface area contributed by atoms with Crippen LogP contribution in [0.25, 0.3) is 0 Å². The Kier molecular flexibility index (Phi) is 3.78. The Morgan fingerprint density at radius 1 is 1.43 bits per heavy atom. The van der Waals surface area contributed by atoms with Gasteiger partial charge in [0.05, 0.1) is 6.10 Å². The van der Waals surface area contributed by atoms with Gasteiger partial charge in [0.1, 0.15) is 0 Å². The molecule has 0 aromatic heterocycles. The van der Waals surface area contributed by atoms with Crippen molar-refractivity contribution in [3.8, 4) is 0 Å². The maximum Gasteiger partial charge on any atom is 0.407 e. The minimum Gasteiger partial charge on any atom is -0.447 e. The zero-order chi connectivity index (χ0) is 10.6. The summed E-state index contributed by atoms with van der Waals surface area (Å²) in [5.41, 5.74) is 0.302. The van der Waals surface area contributed by atoms with E-state index in [1.807, 2.05) is 13.8 Å². The van der Waals surface area contributed by atoms with Gasteiger partial charge in [-0.15, -0.1) is 0 Å². The van der Waals surface area contributed by atoms with Gasteiger partial charge in [-0.05, 0) is 32.1 Å². The van der Waals surface area contributed by atoms with E-state index in [4.69, 9.17) is 4.74 Å². The molecule has 14 heavy (non-hydrogen) atoms. The molecule has 0 aliphatic heterocycles. The van der Waals surface area contributed by atoms with Crippen LogP contribution in [0.3, 0.4) is 0 Å². The van der Waals surface area contributed by atoms with Crippen LogP contribution in [0.4, 0.5) is 4.79 Å². The first kappa shape index (κ1) is 11.3. The molecule has 3 nitrogen and oxygen atoms in total. The molecule has 82 valence electrons. The lowest BCUT2D eigenvalue weighted by Gasteiger charge is -2.23. The van der Waals surface area contributed by atoms with Crippen molar-refractivity contribution in [2.45, 2.75) is 52.6 Å². The van der Waals surface area contributed by atoms with Crippen LogP contribution in [-0.2, 0) is 4.74 Å². The fourth-order valence-electron chi connectivity index (χ4n) is 1.95. The summed E-state index contributed by atoms with van der Waals surface area (Å²) in [6.07, 6.45) is 4.69. The number of carbonyl (C=O) groups excluding carboxylic acids is 1. The zero-order valence-corrected chi connectivity index (χ0v) is 9.43. The largest absolute Gasteiger partial charge is 0.447 e. The molecule has 0 aromatic rings. The number of nitrogens with one attached hydrogen (secondary N) is 1. The normalized spacial score (nSPS) is 19.7. The SMILES string of the molecule is CC(C)OC(=O)NCC1(C)CCCC1. The number of ether oxygens (including phenoxy) is 1. The van der Waals surface area contributed by atoms with Gasteiger partial charge in [-0.1, -0.05) is 19.8 Å². The lowest BCUT2D eigenvalue weighted by molar-refractivity contribution is 0.111. The van der Waals surface area contributed by atoms with Gasteiger partial charge in [-0.25, -0.2) is 4.79 Å². The first-order valence-electron chi connectivity index (χ1n) is 5.46. The van der Waals surface area contributed by atoms with Gasteiger partial charge in [-0.2, -0.15) is 0 Å². The van der Waals surface area contributed by atoms with Crippen molar-refractivity contribution in [2.75, 3.05) is 6.54 Å². The highest BCUT2D eigenvalue weighted by molar-refractivity contribution is 5.67. The third kappa shape index (κ3) is 3.56. The molecule has 0 saturated heterocycles. The molecule has 0 spiro atoms. The fourth-order valence-corrected chi connectivity index (χ4v) is 1.95. The number of carbonyl (C=O) groups is 1. The summed E-state index contributed by atoms with van der Waals surface area (Å²) in [7, 11) is 0. The molecular weight excluding hydrogens is 178 g/mol. The summed E-state index contributed by atoms with van der Waals surface area (Å²) >= 11 is 0. The first-order valence-corrected chi connectivity index (χ1v) is 5.46. The Hall–Kier alpha value is -0.730. The second kappa shape index (κ2) is 4.67. The summed E-state index contributed by atoms with van der Waals surface area (Å²) in [5, 5.41) is 2.84. The summed E-state index contributed by atoms with van der Waals surface area (Å²) in [6, 6.07) is 0. The molecular formula is C11H21NO2.